The van der Waals surface area contributed by atoms with Crippen molar-refractivity contribution in [3.05, 3.63) is 35.4 Å². The molecule has 1 rings (SSSR count). The van der Waals surface area contributed by atoms with Crippen LogP contribution in [0.2, 0.25) is 0 Å². The summed E-state index contributed by atoms with van der Waals surface area (Å²) in [6.07, 6.45) is 3.18. The summed E-state index contributed by atoms with van der Waals surface area (Å²) < 4.78 is 0. The van der Waals surface area contributed by atoms with E-state index in [2.05, 4.69) is 38.3 Å². The highest BCUT2D eigenvalue weighted by molar-refractivity contribution is 5.96. The van der Waals surface area contributed by atoms with Crippen molar-refractivity contribution in [2.75, 3.05) is 13.1 Å². The van der Waals surface area contributed by atoms with Gasteiger partial charge in [-0.15, -0.1) is 0 Å². The van der Waals surface area contributed by atoms with Crippen molar-refractivity contribution in [2.45, 2.75) is 53.5 Å². The Morgan fingerprint density at radius 1 is 1.04 bits per heavy atom. The Morgan fingerprint density at radius 3 is 2.12 bits per heavy atom. The monoisotopic (exact) mass is 335 g/mol. The number of carbonyl (C=O) groups is 2. The zero-order valence-electron chi connectivity index (χ0n) is 15.5. The Kier molecular flexibility index (Phi) is 12.5. The molecule has 0 aliphatic heterocycles. The first-order valence-electron chi connectivity index (χ1n) is 8.74. The van der Waals surface area contributed by atoms with Crippen LogP contribution >= 0.6 is 0 Å². The van der Waals surface area contributed by atoms with E-state index in [1.165, 1.54) is 0 Å². The molecule has 2 amide bonds. The molecule has 0 unspecified atom stereocenters. The molecule has 0 aliphatic carbocycles. The van der Waals surface area contributed by atoms with Crippen LogP contribution in [0.15, 0.2) is 24.3 Å². The number of rotatable bonds is 8. The van der Waals surface area contributed by atoms with Gasteiger partial charge in [0.25, 0.3) is 5.91 Å². The molecule has 0 radical (unpaired) electrons. The molecule has 0 heterocycles. The van der Waals surface area contributed by atoms with Gasteiger partial charge in [0.15, 0.2) is 0 Å². The molecule has 5 nitrogen and oxygen atoms in total. The molecule has 1 aromatic rings. The van der Waals surface area contributed by atoms with Crippen molar-refractivity contribution >= 4 is 11.8 Å². The minimum atomic E-state index is -0.253. The predicted molar refractivity (Wildman–Crippen MR) is 99.7 cm³/mol. The van der Waals surface area contributed by atoms with E-state index in [0.29, 0.717) is 18.7 Å². The summed E-state index contributed by atoms with van der Waals surface area (Å²) in [5.74, 6) is 0.422. The van der Waals surface area contributed by atoms with E-state index >= 15 is 0 Å². The van der Waals surface area contributed by atoms with Gasteiger partial charge in [-0.05, 0) is 30.0 Å². The molecule has 1 aromatic carbocycles. The molecule has 0 bridgehead atoms. The highest BCUT2D eigenvalue weighted by atomic mass is 16.2. The molecule has 0 saturated heterocycles. The van der Waals surface area contributed by atoms with Gasteiger partial charge in [-0.25, -0.2) is 0 Å². The summed E-state index contributed by atoms with van der Waals surface area (Å²) in [7, 11) is 0. The summed E-state index contributed by atoms with van der Waals surface area (Å²) in [5.41, 5.74) is 6.99. The molecule has 4 N–H and O–H groups in total. The number of nitrogens with one attached hydrogen (secondary N) is 2. The molecule has 24 heavy (non-hydrogen) atoms. The highest BCUT2D eigenvalue weighted by Gasteiger charge is 2.07. The summed E-state index contributed by atoms with van der Waals surface area (Å²) in [5, 5.41) is 5.37. The molecule has 136 valence electrons. The molecular weight excluding hydrogens is 302 g/mol. The molecule has 5 heteroatoms. The van der Waals surface area contributed by atoms with Crippen LogP contribution in [-0.2, 0) is 11.3 Å². The molecule has 0 aromatic heterocycles. The van der Waals surface area contributed by atoms with Gasteiger partial charge in [0.1, 0.15) is 0 Å². The largest absolute Gasteiger partial charge is 0.355 e. The maximum absolute atomic E-state index is 11.8. The third-order valence-corrected chi connectivity index (χ3v) is 2.96. The van der Waals surface area contributed by atoms with Crippen LogP contribution in [0.3, 0.4) is 0 Å². The maximum Gasteiger partial charge on any atom is 0.251 e. The topological polar surface area (TPSA) is 84.2 Å². The Labute approximate surface area is 146 Å². The third-order valence-electron chi connectivity index (χ3n) is 2.96. The van der Waals surface area contributed by atoms with Gasteiger partial charge in [-0.1, -0.05) is 52.7 Å². The Hall–Kier alpha value is -1.88. The number of carbonyl (C=O) groups excluding carboxylic acids is 2. The Bertz CT molecular complexity index is 467. The van der Waals surface area contributed by atoms with E-state index in [1.54, 1.807) is 24.3 Å². The summed E-state index contributed by atoms with van der Waals surface area (Å²) in [6.45, 7) is 9.72. The van der Waals surface area contributed by atoms with Gasteiger partial charge < -0.3 is 16.4 Å². The first kappa shape index (κ1) is 22.1. The third kappa shape index (κ3) is 11.7. The lowest BCUT2D eigenvalue weighted by molar-refractivity contribution is -0.120. The van der Waals surface area contributed by atoms with E-state index in [9.17, 15) is 9.59 Å². The second kappa shape index (κ2) is 13.5. The van der Waals surface area contributed by atoms with Gasteiger partial charge in [0.2, 0.25) is 5.91 Å². The number of hydrogen-bond acceptors (Lipinski definition) is 3. The fraction of sp³-hybridized carbons (Fsp3) is 0.579. The van der Waals surface area contributed by atoms with Gasteiger partial charge >= 0.3 is 0 Å². The normalized spacial score (nSPS) is 9.92. The molecule has 0 fully saturated rings. The first-order chi connectivity index (χ1) is 11.4. The highest BCUT2D eigenvalue weighted by Crippen LogP contribution is 2.03. The summed E-state index contributed by atoms with van der Waals surface area (Å²) >= 11 is 0. The molecule has 0 aliphatic rings. The zero-order chi connectivity index (χ0) is 18.4. The van der Waals surface area contributed by atoms with E-state index in [1.807, 2.05) is 0 Å². The number of amides is 2. The number of nitrogens with two attached hydrogens (primary N) is 1. The number of unbranched alkanes of at least 4 members (excludes halogenated alkanes) is 2. The van der Waals surface area contributed by atoms with Crippen LogP contribution in [0.1, 0.15) is 62.9 Å². The standard InChI is InChI=1S/C15H23N3O2.C4H10/c1-2-3-4-9-17-14(19)11-18-15(20)13-7-5-12(10-16)6-8-13;1-4(2)3/h5-8H,2-4,9-11,16H2,1H3,(H,17,19)(H,18,20);4H,1-3H3. The quantitative estimate of drug-likeness (QED) is 0.639. The van der Waals surface area contributed by atoms with E-state index in [4.69, 9.17) is 5.73 Å². The molecular formula is C19H33N3O2. The van der Waals surface area contributed by atoms with E-state index in [-0.39, 0.29) is 18.4 Å². The molecule has 0 saturated carbocycles. The van der Waals surface area contributed by atoms with Crippen LogP contribution in [0.25, 0.3) is 0 Å². The van der Waals surface area contributed by atoms with Crippen molar-refractivity contribution in [3.63, 3.8) is 0 Å². The molecule has 0 spiro atoms. The van der Waals surface area contributed by atoms with Gasteiger partial charge in [0.05, 0.1) is 6.54 Å². The van der Waals surface area contributed by atoms with Gasteiger partial charge in [0, 0.05) is 18.7 Å². The van der Waals surface area contributed by atoms with Crippen molar-refractivity contribution in [3.8, 4) is 0 Å². The van der Waals surface area contributed by atoms with Crippen LogP contribution in [0.5, 0.6) is 0 Å². The lowest BCUT2D eigenvalue weighted by Gasteiger charge is -2.07. The van der Waals surface area contributed by atoms with Gasteiger partial charge in [-0.3, -0.25) is 9.59 Å². The minimum Gasteiger partial charge on any atom is -0.355 e. The van der Waals surface area contributed by atoms with E-state index in [0.717, 1.165) is 30.7 Å². The average Bonchev–Trinajstić information content (AvgIpc) is 2.56. The maximum atomic E-state index is 11.8. The lowest BCUT2D eigenvalue weighted by Crippen LogP contribution is -2.37. The van der Waals surface area contributed by atoms with Crippen LogP contribution in [0, 0.1) is 5.92 Å². The van der Waals surface area contributed by atoms with Gasteiger partial charge in [-0.2, -0.15) is 0 Å². The fourth-order valence-electron chi connectivity index (χ4n) is 1.72. The summed E-state index contributed by atoms with van der Waals surface area (Å²) in [4.78, 5) is 23.3. The zero-order valence-corrected chi connectivity index (χ0v) is 15.5. The number of benzene rings is 1. The van der Waals surface area contributed by atoms with Crippen LogP contribution in [-0.4, -0.2) is 24.9 Å². The van der Waals surface area contributed by atoms with Crippen molar-refractivity contribution in [1.82, 2.24) is 10.6 Å². The lowest BCUT2D eigenvalue weighted by atomic mass is 10.1. The van der Waals surface area contributed by atoms with Crippen molar-refractivity contribution < 1.29 is 9.59 Å². The minimum absolute atomic E-state index is 0.00357. The smallest absolute Gasteiger partial charge is 0.251 e. The number of hydrogen-bond donors (Lipinski definition) is 3. The summed E-state index contributed by atoms with van der Waals surface area (Å²) in [6, 6.07) is 7.02. The second-order valence-corrected chi connectivity index (χ2v) is 6.37. The fourth-order valence-corrected chi connectivity index (χ4v) is 1.72. The van der Waals surface area contributed by atoms with Crippen molar-refractivity contribution in [2.24, 2.45) is 11.7 Å². The average molecular weight is 335 g/mol. The van der Waals surface area contributed by atoms with Crippen LogP contribution in [0.4, 0.5) is 0 Å². The Balaban J connectivity index is 0.00000118. The first-order valence-corrected chi connectivity index (χ1v) is 8.74. The van der Waals surface area contributed by atoms with Crippen molar-refractivity contribution in [1.29, 1.82) is 0 Å². The van der Waals surface area contributed by atoms with E-state index < -0.39 is 0 Å². The van der Waals surface area contributed by atoms with Crippen LogP contribution < -0.4 is 16.4 Å². The predicted octanol–water partition coefficient (Wildman–Crippen LogP) is 2.84. The SMILES string of the molecule is CC(C)C.CCCCCNC(=O)CNC(=O)c1ccc(CN)cc1. The molecule has 0 atom stereocenters. The second-order valence-electron chi connectivity index (χ2n) is 6.37. The Morgan fingerprint density at radius 2 is 1.62 bits per heavy atom.